The lowest BCUT2D eigenvalue weighted by Crippen LogP contribution is -2.36. The van der Waals surface area contributed by atoms with E-state index in [0.717, 1.165) is 33.7 Å². The summed E-state index contributed by atoms with van der Waals surface area (Å²) in [4.78, 5) is 18.9. The monoisotopic (exact) mass is 320 g/mol. The topological polar surface area (TPSA) is 48.5 Å². The molecule has 1 amide bonds. The molecule has 0 atom stereocenters. The Morgan fingerprint density at radius 2 is 2.00 bits per heavy atom. The van der Waals surface area contributed by atoms with E-state index in [9.17, 15) is 4.79 Å². The number of aromatic nitrogens is 1. The molecule has 2 aromatic rings. The van der Waals surface area contributed by atoms with Crippen molar-refractivity contribution >= 4 is 11.5 Å². The third-order valence-corrected chi connectivity index (χ3v) is 4.82. The number of nitrogens with one attached hydrogen (secondary N) is 1. The van der Waals surface area contributed by atoms with Gasteiger partial charge >= 0.3 is 0 Å². The molecule has 1 N–H and O–H groups in total. The minimum atomic E-state index is 0.0628. The summed E-state index contributed by atoms with van der Waals surface area (Å²) in [5.74, 6) is 0.0628. The van der Waals surface area contributed by atoms with Crippen molar-refractivity contribution in [1.29, 1.82) is 0 Å². The molecule has 0 radical (unpaired) electrons. The van der Waals surface area contributed by atoms with Crippen molar-refractivity contribution in [2.45, 2.75) is 13.5 Å². The van der Waals surface area contributed by atoms with E-state index in [2.05, 4.69) is 34.7 Å². The first-order valence-electron chi connectivity index (χ1n) is 8.07. The molecule has 5 nitrogen and oxygen atoms in total. The van der Waals surface area contributed by atoms with Crippen LogP contribution in [0.5, 0.6) is 0 Å². The largest absolute Gasteiger partial charge is 0.336 e. The van der Waals surface area contributed by atoms with E-state index in [-0.39, 0.29) is 5.91 Å². The molecular formula is C19H20N4O. The van der Waals surface area contributed by atoms with Gasteiger partial charge in [0, 0.05) is 50.2 Å². The SMILES string of the molecule is Cc1ncccc1-c1ccc2c(c1)C1=C(C(=O)N(C)C2)N(C)NC1. The van der Waals surface area contributed by atoms with Gasteiger partial charge in [0.25, 0.3) is 5.91 Å². The number of hydrogen-bond donors (Lipinski definition) is 1. The second kappa shape index (κ2) is 5.46. The van der Waals surface area contributed by atoms with Gasteiger partial charge in [-0.1, -0.05) is 18.2 Å². The van der Waals surface area contributed by atoms with E-state index in [1.165, 1.54) is 5.56 Å². The van der Waals surface area contributed by atoms with Gasteiger partial charge in [0.15, 0.2) is 0 Å². The molecule has 1 aromatic carbocycles. The second-order valence-electron chi connectivity index (χ2n) is 6.39. The number of rotatable bonds is 1. The molecule has 3 heterocycles. The summed E-state index contributed by atoms with van der Waals surface area (Å²) in [6.45, 7) is 3.32. The first-order chi connectivity index (χ1) is 11.6. The van der Waals surface area contributed by atoms with Crippen LogP contribution in [0, 0.1) is 6.92 Å². The molecule has 5 heteroatoms. The molecule has 2 aliphatic rings. The Morgan fingerprint density at radius 3 is 2.79 bits per heavy atom. The fourth-order valence-electron chi connectivity index (χ4n) is 3.52. The van der Waals surface area contributed by atoms with Crippen LogP contribution in [-0.4, -0.2) is 41.4 Å². The highest BCUT2D eigenvalue weighted by Gasteiger charge is 2.32. The first kappa shape index (κ1) is 14.9. The van der Waals surface area contributed by atoms with Crippen LogP contribution in [0.15, 0.2) is 42.2 Å². The Bertz CT molecular complexity index is 871. The van der Waals surface area contributed by atoms with Crippen LogP contribution in [0.2, 0.25) is 0 Å². The summed E-state index contributed by atoms with van der Waals surface area (Å²) in [5, 5.41) is 1.84. The van der Waals surface area contributed by atoms with E-state index in [1.54, 1.807) is 4.90 Å². The molecule has 1 aromatic heterocycles. The molecule has 0 unspecified atom stereocenters. The number of amides is 1. The molecule has 122 valence electrons. The van der Waals surface area contributed by atoms with Gasteiger partial charge in [-0.05, 0) is 35.7 Å². The molecular weight excluding hydrogens is 300 g/mol. The summed E-state index contributed by atoms with van der Waals surface area (Å²) in [6.07, 6.45) is 1.81. The Kier molecular flexibility index (Phi) is 3.39. The lowest BCUT2D eigenvalue weighted by molar-refractivity contribution is -0.127. The number of nitrogens with zero attached hydrogens (tertiary/aromatic N) is 3. The maximum Gasteiger partial charge on any atom is 0.271 e. The average molecular weight is 320 g/mol. The third kappa shape index (κ3) is 2.20. The number of likely N-dealkylation sites (N-methyl/N-ethyl adjacent to an activating group) is 2. The number of hydrogen-bond acceptors (Lipinski definition) is 4. The zero-order chi connectivity index (χ0) is 16.8. The lowest BCUT2D eigenvalue weighted by Gasteiger charge is -2.21. The van der Waals surface area contributed by atoms with Crippen molar-refractivity contribution in [3.8, 4) is 11.1 Å². The first-order valence-corrected chi connectivity index (χ1v) is 8.07. The Labute approximate surface area is 141 Å². The summed E-state index contributed by atoms with van der Waals surface area (Å²) < 4.78 is 0. The highest BCUT2D eigenvalue weighted by molar-refractivity contribution is 6.03. The minimum absolute atomic E-state index is 0.0628. The molecule has 0 spiro atoms. The number of carbonyl (C=O) groups excluding carboxylic acids is 1. The van der Waals surface area contributed by atoms with Gasteiger partial charge in [-0.15, -0.1) is 0 Å². The smallest absolute Gasteiger partial charge is 0.271 e. The predicted molar refractivity (Wildman–Crippen MR) is 93.6 cm³/mol. The molecule has 0 fully saturated rings. The van der Waals surface area contributed by atoms with Gasteiger partial charge in [0.2, 0.25) is 0 Å². The van der Waals surface area contributed by atoms with Crippen LogP contribution in [0.4, 0.5) is 0 Å². The van der Waals surface area contributed by atoms with Crippen molar-refractivity contribution in [2.24, 2.45) is 0 Å². The summed E-state index contributed by atoms with van der Waals surface area (Å²) in [6, 6.07) is 10.5. The quantitative estimate of drug-likeness (QED) is 0.875. The second-order valence-corrected chi connectivity index (χ2v) is 6.39. The van der Waals surface area contributed by atoms with Crippen LogP contribution in [0.1, 0.15) is 16.8 Å². The number of pyridine rings is 1. The summed E-state index contributed by atoms with van der Waals surface area (Å²) in [5.41, 5.74) is 10.7. The number of carbonyl (C=O) groups is 1. The van der Waals surface area contributed by atoms with Gasteiger partial charge in [0.1, 0.15) is 5.70 Å². The van der Waals surface area contributed by atoms with Gasteiger partial charge in [0.05, 0.1) is 0 Å². The predicted octanol–water partition coefficient (Wildman–Crippen LogP) is 2.19. The molecule has 2 aliphatic heterocycles. The van der Waals surface area contributed by atoms with E-state index in [4.69, 9.17) is 0 Å². The third-order valence-electron chi connectivity index (χ3n) is 4.82. The average Bonchev–Trinajstić information content (AvgIpc) is 2.91. The van der Waals surface area contributed by atoms with Crippen molar-refractivity contribution in [1.82, 2.24) is 20.3 Å². The highest BCUT2D eigenvalue weighted by Crippen LogP contribution is 2.35. The van der Waals surface area contributed by atoms with Crippen molar-refractivity contribution in [3.63, 3.8) is 0 Å². The Morgan fingerprint density at radius 1 is 1.17 bits per heavy atom. The van der Waals surface area contributed by atoms with Gasteiger partial charge < -0.3 is 9.91 Å². The number of hydrazine groups is 1. The van der Waals surface area contributed by atoms with E-state index in [1.807, 2.05) is 38.3 Å². The number of benzene rings is 1. The van der Waals surface area contributed by atoms with Gasteiger partial charge in [-0.3, -0.25) is 9.78 Å². The Hall–Kier alpha value is -2.66. The van der Waals surface area contributed by atoms with Crippen molar-refractivity contribution in [2.75, 3.05) is 20.6 Å². The summed E-state index contributed by atoms with van der Waals surface area (Å²) >= 11 is 0. The normalized spacial score (nSPS) is 17.0. The van der Waals surface area contributed by atoms with Crippen LogP contribution < -0.4 is 5.43 Å². The molecule has 0 saturated carbocycles. The maximum absolute atomic E-state index is 12.7. The van der Waals surface area contributed by atoms with E-state index < -0.39 is 0 Å². The molecule has 0 bridgehead atoms. The highest BCUT2D eigenvalue weighted by atomic mass is 16.2. The maximum atomic E-state index is 12.7. The molecule has 0 saturated heterocycles. The minimum Gasteiger partial charge on any atom is -0.336 e. The lowest BCUT2D eigenvalue weighted by atomic mass is 9.94. The Balaban J connectivity index is 1.92. The van der Waals surface area contributed by atoms with E-state index >= 15 is 0 Å². The zero-order valence-corrected chi connectivity index (χ0v) is 14.1. The summed E-state index contributed by atoms with van der Waals surface area (Å²) in [7, 11) is 3.75. The van der Waals surface area contributed by atoms with E-state index in [0.29, 0.717) is 13.1 Å². The standard InChI is InChI=1S/C19H20N4O/c1-12-15(5-4-8-20-12)13-6-7-14-11-22(2)19(24)18-17(16(14)9-13)10-21-23(18)3/h4-9,21H,10-11H2,1-3H3. The van der Waals surface area contributed by atoms with Crippen LogP contribution in [-0.2, 0) is 11.3 Å². The fourth-order valence-corrected chi connectivity index (χ4v) is 3.52. The fraction of sp³-hybridized carbons (Fsp3) is 0.263. The van der Waals surface area contributed by atoms with Crippen molar-refractivity contribution in [3.05, 3.63) is 59.0 Å². The van der Waals surface area contributed by atoms with Crippen LogP contribution in [0.3, 0.4) is 0 Å². The van der Waals surface area contributed by atoms with Crippen LogP contribution in [0.25, 0.3) is 16.7 Å². The van der Waals surface area contributed by atoms with Gasteiger partial charge in [-0.2, -0.15) is 0 Å². The van der Waals surface area contributed by atoms with Crippen LogP contribution >= 0.6 is 0 Å². The van der Waals surface area contributed by atoms with Crippen molar-refractivity contribution < 1.29 is 4.79 Å². The number of aryl methyl sites for hydroxylation is 1. The molecule has 24 heavy (non-hydrogen) atoms. The zero-order valence-electron chi connectivity index (χ0n) is 14.1. The number of fused-ring (bicyclic) bond motifs is 2. The molecule has 0 aliphatic carbocycles. The van der Waals surface area contributed by atoms with Gasteiger partial charge in [-0.25, -0.2) is 5.43 Å². The molecule has 4 rings (SSSR count).